The molecule has 0 amide bonds. The lowest BCUT2D eigenvalue weighted by Gasteiger charge is -2.32. The van der Waals surface area contributed by atoms with Crippen molar-refractivity contribution in [2.75, 3.05) is 13.2 Å². The number of hydrogen-bond donors (Lipinski definition) is 0. The molecule has 0 aliphatic carbocycles. The SMILES string of the molecule is CCOC(=O)[C@@H]1O[C@@](C)(C(F)(F)F)[C@@H](C)[C@H]1c1ccc(F)c(F)c1OCC. The number of hydrogen-bond acceptors (Lipinski definition) is 4. The molecule has 2 rings (SSSR count). The first-order valence-electron chi connectivity index (χ1n) is 8.51. The van der Waals surface area contributed by atoms with Crippen LogP contribution in [-0.4, -0.2) is 37.1 Å². The minimum Gasteiger partial charge on any atom is -0.490 e. The van der Waals surface area contributed by atoms with E-state index in [1.165, 1.54) is 20.8 Å². The molecule has 1 aromatic rings. The molecule has 4 nitrogen and oxygen atoms in total. The van der Waals surface area contributed by atoms with E-state index in [0.29, 0.717) is 0 Å². The minimum absolute atomic E-state index is 0.0457. The van der Waals surface area contributed by atoms with Crippen LogP contribution in [0, 0.1) is 17.6 Å². The van der Waals surface area contributed by atoms with E-state index in [0.717, 1.165) is 19.1 Å². The monoisotopic (exact) mass is 396 g/mol. The Morgan fingerprint density at radius 1 is 1.22 bits per heavy atom. The van der Waals surface area contributed by atoms with Crippen molar-refractivity contribution < 1.29 is 41.0 Å². The lowest BCUT2D eigenvalue weighted by atomic mass is 9.77. The third-order valence-corrected chi connectivity index (χ3v) is 4.92. The van der Waals surface area contributed by atoms with E-state index in [1.54, 1.807) is 0 Å². The van der Waals surface area contributed by atoms with Crippen molar-refractivity contribution in [2.45, 2.75) is 51.5 Å². The average molecular weight is 396 g/mol. The molecule has 0 bridgehead atoms. The molecule has 9 heteroatoms. The van der Waals surface area contributed by atoms with E-state index in [4.69, 9.17) is 14.2 Å². The summed E-state index contributed by atoms with van der Waals surface area (Å²) in [6.45, 7) is 4.97. The van der Waals surface area contributed by atoms with Crippen LogP contribution in [0.1, 0.15) is 39.2 Å². The van der Waals surface area contributed by atoms with Gasteiger partial charge in [0.2, 0.25) is 5.82 Å². The summed E-state index contributed by atoms with van der Waals surface area (Å²) in [5.41, 5.74) is -2.75. The van der Waals surface area contributed by atoms with Crippen molar-refractivity contribution in [3.05, 3.63) is 29.3 Å². The third kappa shape index (κ3) is 3.61. The molecule has 27 heavy (non-hydrogen) atoms. The van der Waals surface area contributed by atoms with Gasteiger partial charge in [-0.3, -0.25) is 0 Å². The molecular weight excluding hydrogens is 375 g/mol. The molecule has 0 N–H and O–H groups in total. The molecule has 1 saturated heterocycles. The van der Waals surface area contributed by atoms with Crippen LogP contribution in [0.15, 0.2) is 12.1 Å². The molecule has 0 spiro atoms. The summed E-state index contributed by atoms with van der Waals surface area (Å²) in [7, 11) is 0. The van der Waals surface area contributed by atoms with E-state index in [9.17, 15) is 26.7 Å². The average Bonchev–Trinajstić information content (AvgIpc) is 2.86. The third-order valence-electron chi connectivity index (χ3n) is 4.92. The Labute approximate surface area is 153 Å². The molecule has 1 aliphatic rings. The second-order valence-corrected chi connectivity index (χ2v) is 6.42. The second kappa shape index (κ2) is 7.61. The smallest absolute Gasteiger partial charge is 0.417 e. The van der Waals surface area contributed by atoms with E-state index in [1.807, 2.05) is 0 Å². The van der Waals surface area contributed by atoms with Crippen LogP contribution in [-0.2, 0) is 14.3 Å². The fourth-order valence-corrected chi connectivity index (χ4v) is 3.33. The van der Waals surface area contributed by atoms with Gasteiger partial charge in [0.25, 0.3) is 0 Å². The maximum Gasteiger partial charge on any atom is 0.417 e. The zero-order chi connectivity index (χ0) is 20.6. The van der Waals surface area contributed by atoms with Gasteiger partial charge in [-0.15, -0.1) is 0 Å². The molecule has 0 aromatic heterocycles. The van der Waals surface area contributed by atoms with Gasteiger partial charge in [0.15, 0.2) is 23.3 Å². The molecule has 4 atom stereocenters. The largest absolute Gasteiger partial charge is 0.490 e. The molecule has 0 saturated carbocycles. The molecule has 1 aliphatic heterocycles. The van der Waals surface area contributed by atoms with Gasteiger partial charge in [0.1, 0.15) is 0 Å². The van der Waals surface area contributed by atoms with Crippen molar-refractivity contribution in [1.82, 2.24) is 0 Å². The highest BCUT2D eigenvalue weighted by molar-refractivity contribution is 5.77. The lowest BCUT2D eigenvalue weighted by molar-refractivity contribution is -0.274. The molecule has 1 fully saturated rings. The van der Waals surface area contributed by atoms with Gasteiger partial charge in [0.05, 0.1) is 13.2 Å². The summed E-state index contributed by atoms with van der Waals surface area (Å²) < 4.78 is 84.0. The van der Waals surface area contributed by atoms with Crippen molar-refractivity contribution in [2.24, 2.45) is 5.92 Å². The van der Waals surface area contributed by atoms with E-state index < -0.39 is 53.1 Å². The van der Waals surface area contributed by atoms with Gasteiger partial charge in [-0.25, -0.2) is 9.18 Å². The summed E-state index contributed by atoms with van der Waals surface area (Å²) in [6.07, 6.45) is -6.44. The van der Waals surface area contributed by atoms with Crippen LogP contribution in [0.4, 0.5) is 22.0 Å². The Kier molecular flexibility index (Phi) is 6.03. The number of benzene rings is 1. The van der Waals surface area contributed by atoms with Crippen LogP contribution in [0.5, 0.6) is 5.75 Å². The van der Waals surface area contributed by atoms with Gasteiger partial charge in [0, 0.05) is 17.4 Å². The first-order chi connectivity index (χ1) is 12.5. The number of carbonyl (C=O) groups is 1. The second-order valence-electron chi connectivity index (χ2n) is 6.42. The predicted octanol–water partition coefficient (Wildman–Crippen LogP) is 4.37. The highest BCUT2D eigenvalue weighted by Crippen LogP contribution is 2.55. The number of alkyl halides is 3. The first-order valence-corrected chi connectivity index (χ1v) is 8.51. The van der Waals surface area contributed by atoms with Crippen LogP contribution in [0.3, 0.4) is 0 Å². The molecule has 0 unspecified atom stereocenters. The van der Waals surface area contributed by atoms with E-state index in [-0.39, 0.29) is 18.8 Å². The Morgan fingerprint density at radius 3 is 2.37 bits per heavy atom. The van der Waals surface area contributed by atoms with E-state index in [2.05, 4.69) is 0 Å². The zero-order valence-corrected chi connectivity index (χ0v) is 15.3. The Bertz CT molecular complexity index is 706. The maximum absolute atomic E-state index is 14.3. The van der Waals surface area contributed by atoms with Crippen LogP contribution in [0.2, 0.25) is 0 Å². The van der Waals surface area contributed by atoms with Crippen LogP contribution < -0.4 is 4.74 Å². The van der Waals surface area contributed by atoms with Crippen LogP contribution >= 0.6 is 0 Å². The normalized spacial score (nSPS) is 28.3. The Balaban J connectivity index is 2.64. The highest BCUT2D eigenvalue weighted by atomic mass is 19.4. The quantitative estimate of drug-likeness (QED) is 0.548. The van der Waals surface area contributed by atoms with Crippen LogP contribution in [0.25, 0.3) is 0 Å². The molecule has 1 aromatic carbocycles. The van der Waals surface area contributed by atoms with Gasteiger partial charge < -0.3 is 14.2 Å². The summed E-state index contributed by atoms with van der Waals surface area (Å²) in [5.74, 6) is -6.61. The number of carbonyl (C=O) groups excluding carboxylic acids is 1. The predicted molar refractivity (Wildman–Crippen MR) is 85.4 cm³/mol. The molecule has 152 valence electrons. The summed E-state index contributed by atoms with van der Waals surface area (Å²) in [4.78, 5) is 12.3. The van der Waals surface area contributed by atoms with Gasteiger partial charge in [-0.05, 0) is 26.8 Å². The fourth-order valence-electron chi connectivity index (χ4n) is 3.33. The highest BCUT2D eigenvalue weighted by Gasteiger charge is 2.66. The summed E-state index contributed by atoms with van der Waals surface area (Å²) in [5, 5.41) is 0. The lowest BCUT2D eigenvalue weighted by Crippen LogP contribution is -2.47. The maximum atomic E-state index is 14.3. The summed E-state index contributed by atoms with van der Waals surface area (Å²) in [6, 6.07) is 1.90. The standard InChI is InChI=1S/C18H21F5O4/c1-5-25-14-10(7-8-11(19)13(14)20)12-9(3)17(4,18(21,22)23)27-15(12)16(24)26-6-2/h7-9,12,15H,5-6H2,1-4H3/t9-,12-,15+,17+/m0/s1. The van der Waals surface area contributed by atoms with E-state index >= 15 is 0 Å². The number of ether oxygens (including phenoxy) is 3. The zero-order valence-electron chi connectivity index (χ0n) is 15.3. The van der Waals surface area contributed by atoms with Crippen molar-refractivity contribution >= 4 is 5.97 Å². The van der Waals surface area contributed by atoms with Crippen molar-refractivity contribution in [1.29, 1.82) is 0 Å². The molecular formula is C18H21F5O4. The topological polar surface area (TPSA) is 44.8 Å². The first kappa shape index (κ1) is 21.4. The summed E-state index contributed by atoms with van der Waals surface area (Å²) >= 11 is 0. The van der Waals surface area contributed by atoms with Crippen molar-refractivity contribution in [3.63, 3.8) is 0 Å². The number of esters is 1. The molecule has 0 radical (unpaired) electrons. The molecule has 1 heterocycles. The minimum atomic E-state index is -4.80. The van der Waals surface area contributed by atoms with Gasteiger partial charge >= 0.3 is 12.1 Å². The number of halogens is 5. The van der Waals surface area contributed by atoms with Gasteiger partial charge in [-0.1, -0.05) is 13.0 Å². The Hall–Kier alpha value is -1.90. The Morgan fingerprint density at radius 2 is 1.85 bits per heavy atom. The fraction of sp³-hybridized carbons (Fsp3) is 0.611. The number of rotatable bonds is 5. The van der Waals surface area contributed by atoms with Gasteiger partial charge in [-0.2, -0.15) is 17.6 Å². The van der Waals surface area contributed by atoms with Crippen molar-refractivity contribution in [3.8, 4) is 5.75 Å².